The lowest BCUT2D eigenvalue weighted by Crippen LogP contribution is -2.23. The number of benzene rings is 1. The van der Waals surface area contributed by atoms with E-state index in [2.05, 4.69) is 26.0 Å². The third kappa shape index (κ3) is 2.85. The fourth-order valence-corrected chi connectivity index (χ4v) is 1.38. The molecule has 0 spiro atoms. The molecular formula is C12H18O. The Bertz CT molecular complexity index is 237. The Morgan fingerprint density at radius 2 is 1.85 bits per heavy atom. The molecule has 1 nitrogen and oxygen atoms in total. The van der Waals surface area contributed by atoms with Gasteiger partial charge in [0.1, 0.15) is 0 Å². The van der Waals surface area contributed by atoms with Crippen LogP contribution in [0.25, 0.3) is 0 Å². The second kappa shape index (κ2) is 4.43. The van der Waals surface area contributed by atoms with Crippen LogP contribution in [-0.2, 0) is 6.42 Å². The first-order valence-corrected chi connectivity index (χ1v) is 4.85. The summed E-state index contributed by atoms with van der Waals surface area (Å²) in [5.41, 5.74) is 1.35. The van der Waals surface area contributed by atoms with Crippen molar-refractivity contribution in [2.24, 2.45) is 5.41 Å². The highest BCUT2D eigenvalue weighted by Gasteiger charge is 2.20. The molecule has 0 radical (unpaired) electrons. The molecule has 13 heavy (non-hydrogen) atoms. The molecular weight excluding hydrogens is 160 g/mol. The molecule has 1 N–H and O–H groups in total. The van der Waals surface area contributed by atoms with Gasteiger partial charge in [-0.05, 0) is 23.8 Å². The average Bonchev–Trinajstić information content (AvgIpc) is 2.19. The summed E-state index contributed by atoms with van der Waals surface area (Å²) in [5.74, 6) is 0. The number of hydrogen-bond acceptors (Lipinski definition) is 1. The molecule has 0 unspecified atom stereocenters. The Morgan fingerprint density at radius 1 is 1.23 bits per heavy atom. The molecule has 0 saturated heterocycles. The van der Waals surface area contributed by atoms with E-state index in [1.807, 2.05) is 18.2 Å². The van der Waals surface area contributed by atoms with E-state index in [-0.39, 0.29) is 12.0 Å². The van der Waals surface area contributed by atoms with Crippen LogP contribution in [0.1, 0.15) is 25.8 Å². The van der Waals surface area contributed by atoms with Crippen molar-refractivity contribution in [1.29, 1.82) is 0 Å². The van der Waals surface area contributed by atoms with Crippen molar-refractivity contribution in [3.8, 4) is 0 Å². The first-order valence-electron chi connectivity index (χ1n) is 4.85. The zero-order valence-corrected chi connectivity index (χ0v) is 8.46. The predicted molar refractivity (Wildman–Crippen MR) is 55.6 cm³/mol. The normalized spacial score (nSPS) is 15.3. The number of aliphatic hydroxyl groups is 1. The van der Waals surface area contributed by atoms with E-state index < -0.39 is 0 Å². The van der Waals surface area contributed by atoms with Gasteiger partial charge in [0.05, 0.1) is 0 Å². The van der Waals surface area contributed by atoms with Crippen LogP contribution in [0.4, 0.5) is 0 Å². The highest BCUT2D eigenvalue weighted by atomic mass is 16.3. The summed E-state index contributed by atoms with van der Waals surface area (Å²) < 4.78 is 0. The fourth-order valence-electron chi connectivity index (χ4n) is 1.38. The maximum absolute atomic E-state index is 9.25. The molecule has 0 aliphatic carbocycles. The summed E-state index contributed by atoms with van der Waals surface area (Å²) in [7, 11) is 0. The third-order valence-corrected chi connectivity index (χ3v) is 2.71. The van der Waals surface area contributed by atoms with Gasteiger partial charge in [-0.15, -0.1) is 0 Å². The van der Waals surface area contributed by atoms with E-state index in [9.17, 15) is 5.11 Å². The van der Waals surface area contributed by atoms with Crippen LogP contribution in [0, 0.1) is 5.41 Å². The van der Waals surface area contributed by atoms with Gasteiger partial charge in [0, 0.05) is 6.61 Å². The minimum Gasteiger partial charge on any atom is -0.396 e. The number of aliphatic hydroxyl groups excluding tert-OH is 1. The second-order valence-corrected chi connectivity index (χ2v) is 3.98. The lowest BCUT2D eigenvalue weighted by Gasteiger charge is -2.25. The molecule has 1 atom stereocenters. The predicted octanol–water partition coefficient (Wildman–Crippen LogP) is 2.64. The summed E-state index contributed by atoms with van der Waals surface area (Å²) >= 11 is 0. The zero-order valence-electron chi connectivity index (χ0n) is 8.46. The molecule has 0 aliphatic heterocycles. The smallest absolute Gasteiger partial charge is 0.0487 e. The first-order chi connectivity index (χ1) is 6.20. The van der Waals surface area contributed by atoms with Crippen LogP contribution in [0.15, 0.2) is 30.3 Å². The zero-order chi connectivity index (χ0) is 9.73. The summed E-state index contributed by atoms with van der Waals surface area (Å²) in [6.45, 7) is 4.51. The third-order valence-electron chi connectivity index (χ3n) is 2.71. The summed E-state index contributed by atoms with van der Waals surface area (Å²) in [6.07, 6.45) is 1.97. The van der Waals surface area contributed by atoms with Gasteiger partial charge in [-0.2, -0.15) is 0 Å². The summed E-state index contributed by atoms with van der Waals surface area (Å²) in [5, 5.41) is 9.25. The molecule has 0 saturated carbocycles. The maximum Gasteiger partial charge on any atom is 0.0487 e. The molecule has 0 aliphatic rings. The summed E-state index contributed by atoms with van der Waals surface area (Å²) in [4.78, 5) is 0. The van der Waals surface area contributed by atoms with E-state index >= 15 is 0 Å². The van der Waals surface area contributed by atoms with E-state index in [0.29, 0.717) is 0 Å². The standard InChI is InChI=1S/C12H18O/c1-3-12(2,10-13)9-11-7-5-4-6-8-11/h4-8,13H,3,9-10H2,1-2H3/t12-/m0/s1. The second-order valence-electron chi connectivity index (χ2n) is 3.98. The van der Waals surface area contributed by atoms with E-state index in [0.717, 1.165) is 12.8 Å². The van der Waals surface area contributed by atoms with Gasteiger partial charge < -0.3 is 5.11 Å². The largest absolute Gasteiger partial charge is 0.396 e. The first kappa shape index (κ1) is 10.3. The highest BCUT2D eigenvalue weighted by Crippen LogP contribution is 2.25. The number of hydrogen-bond donors (Lipinski definition) is 1. The van der Waals surface area contributed by atoms with Crippen LogP contribution in [-0.4, -0.2) is 11.7 Å². The van der Waals surface area contributed by atoms with Gasteiger partial charge in [-0.3, -0.25) is 0 Å². The Hall–Kier alpha value is -0.820. The van der Waals surface area contributed by atoms with Gasteiger partial charge in [0.15, 0.2) is 0 Å². The van der Waals surface area contributed by atoms with Crippen LogP contribution in [0.5, 0.6) is 0 Å². The molecule has 1 heteroatoms. The molecule has 1 rings (SSSR count). The Kier molecular flexibility index (Phi) is 3.49. The van der Waals surface area contributed by atoms with Crippen molar-refractivity contribution in [1.82, 2.24) is 0 Å². The molecule has 1 aromatic carbocycles. The average molecular weight is 178 g/mol. The SMILES string of the molecule is CC[C@](C)(CO)Cc1ccccc1. The van der Waals surface area contributed by atoms with E-state index in [1.54, 1.807) is 0 Å². The lowest BCUT2D eigenvalue weighted by atomic mass is 9.82. The Labute approximate surface area is 80.4 Å². The molecule has 1 aromatic rings. The maximum atomic E-state index is 9.25. The molecule has 0 bridgehead atoms. The van der Waals surface area contributed by atoms with Crippen LogP contribution >= 0.6 is 0 Å². The lowest BCUT2D eigenvalue weighted by molar-refractivity contribution is 0.138. The monoisotopic (exact) mass is 178 g/mol. The highest BCUT2D eigenvalue weighted by molar-refractivity contribution is 5.16. The Balaban J connectivity index is 2.68. The van der Waals surface area contributed by atoms with Gasteiger partial charge in [0.2, 0.25) is 0 Å². The summed E-state index contributed by atoms with van der Waals surface area (Å²) in [6, 6.07) is 10.3. The minimum absolute atomic E-state index is 0.0430. The quantitative estimate of drug-likeness (QED) is 0.751. The molecule has 72 valence electrons. The van der Waals surface area contributed by atoms with Crippen molar-refractivity contribution in [3.63, 3.8) is 0 Å². The Morgan fingerprint density at radius 3 is 2.31 bits per heavy atom. The van der Waals surface area contributed by atoms with Crippen LogP contribution < -0.4 is 0 Å². The van der Waals surface area contributed by atoms with Crippen molar-refractivity contribution in [3.05, 3.63) is 35.9 Å². The molecule has 0 heterocycles. The van der Waals surface area contributed by atoms with Crippen LogP contribution in [0.3, 0.4) is 0 Å². The van der Waals surface area contributed by atoms with Crippen molar-refractivity contribution < 1.29 is 5.11 Å². The van der Waals surface area contributed by atoms with E-state index in [1.165, 1.54) is 5.56 Å². The van der Waals surface area contributed by atoms with Gasteiger partial charge in [-0.1, -0.05) is 44.2 Å². The fraction of sp³-hybridized carbons (Fsp3) is 0.500. The van der Waals surface area contributed by atoms with Crippen molar-refractivity contribution in [2.75, 3.05) is 6.61 Å². The van der Waals surface area contributed by atoms with Gasteiger partial charge >= 0.3 is 0 Å². The van der Waals surface area contributed by atoms with Gasteiger partial charge in [0.25, 0.3) is 0 Å². The minimum atomic E-state index is 0.0430. The topological polar surface area (TPSA) is 20.2 Å². The van der Waals surface area contributed by atoms with Gasteiger partial charge in [-0.25, -0.2) is 0 Å². The van der Waals surface area contributed by atoms with E-state index in [4.69, 9.17) is 0 Å². The molecule has 0 aromatic heterocycles. The van der Waals surface area contributed by atoms with Crippen molar-refractivity contribution >= 4 is 0 Å². The number of rotatable bonds is 4. The molecule has 0 amide bonds. The molecule has 0 fully saturated rings. The van der Waals surface area contributed by atoms with Crippen molar-refractivity contribution in [2.45, 2.75) is 26.7 Å². The van der Waals surface area contributed by atoms with Crippen LogP contribution in [0.2, 0.25) is 0 Å².